The zero-order chi connectivity index (χ0) is 20.3. The van der Waals surface area contributed by atoms with E-state index in [-0.39, 0.29) is 24.0 Å². The largest absolute Gasteiger partial charge is 0.496 e. The van der Waals surface area contributed by atoms with Crippen molar-refractivity contribution in [2.45, 2.75) is 52.0 Å². The second-order valence-electron chi connectivity index (χ2n) is 8.87. The molecule has 2 unspecified atom stereocenters. The summed E-state index contributed by atoms with van der Waals surface area (Å²) in [5.74, 6) is 1.09. The Morgan fingerprint density at radius 2 is 1.79 bits per heavy atom. The van der Waals surface area contributed by atoms with Gasteiger partial charge in [0.15, 0.2) is 0 Å². The van der Waals surface area contributed by atoms with Gasteiger partial charge in [-0.25, -0.2) is 0 Å². The van der Waals surface area contributed by atoms with E-state index < -0.39 is 0 Å². The van der Waals surface area contributed by atoms with Crippen molar-refractivity contribution < 1.29 is 14.6 Å². The van der Waals surface area contributed by atoms with Gasteiger partial charge in [-0.05, 0) is 41.0 Å². The first-order chi connectivity index (χ1) is 13.4. The highest BCUT2D eigenvalue weighted by Gasteiger charge is 2.32. The van der Waals surface area contributed by atoms with Crippen molar-refractivity contribution in [1.82, 2.24) is 0 Å². The summed E-state index contributed by atoms with van der Waals surface area (Å²) in [5, 5.41) is 12.3. The Hall–Kier alpha value is -1.91. The molecule has 0 saturated heterocycles. The van der Waals surface area contributed by atoms with E-state index in [2.05, 4.69) is 45.0 Å². The van der Waals surface area contributed by atoms with Gasteiger partial charge in [0.1, 0.15) is 5.75 Å². The zero-order valence-electron chi connectivity index (χ0n) is 17.8. The topological polar surface area (TPSA) is 51.0 Å². The van der Waals surface area contributed by atoms with Crippen molar-refractivity contribution in [2.24, 2.45) is 10.4 Å². The highest BCUT2D eigenvalue weighted by Crippen LogP contribution is 2.45. The second kappa shape index (κ2) is 8.62. The lowest BCUT2D eigenvalue weighted by molar-refractivity contribution is 0.180. The number of aliphatic hydroxyl groups is 1. The van der Waals surface area contributed by atoms with E-state index in [9.17, 15) is 5.11 Å². The van der Waals surface area contributed by atoms with Crippen LogP contribution in [0.5, 0.6) is 5.75 Å². The summed E-state index contributed by atoms with van der Waals surface area (Å²) in [6, 6.07) is 8.71. The number of methoxy groups -OCH3 is 2. The number of nitrogens with zero attached hydrogens (tertiary/aromatic N) is 1. The molecule has 0 aliphatic carbocycles. The smallest absolute Gasteiger partial charge is 0.131 e. The number of aliphatic hydroxyl groups excluding tert-OH is 1. The quantitative estimate of drug-likeness (QED) is 0.751. The minimum Gasteiger partial charge on any atom is -0.496 e. The van der Waals surface area contributed by atoms with Gasteiger partial charge in [0, 0.05) is 43.6 Å². The Labute approximate surface area is 168 Å². The minimum atomic E-state index is 0.112. The van der Waals surface area contributed by atoms with E-state index in [1.165, 1.54) is 21.9 Å². The summed E-state index contributed by atoms with van der Waals surface area (Å²) < 4.78 is 11.3. The van der Waals surface area contributed by atoms with Crippen molar-refractivity contribution in [3.63, 3.8) is 0 Å². The fourth-order valence-electron chi connectivity index (χ4n) is 4.46. The van der Waals surface area contributed by atoms with E-state index in [0.29, 0.717) is 13.0 Å². The maximum absolute atomic E-state index is 9.78. The molecule has 28 heavy (non-hydrogen) atoms. The van der Waals surface area contributed by atoms with Crippen LogP contribution >= 0.6 is 0 Å². The molecule has 1 aliphatic heterocycles. The molecule has 2 aromatic rings. The first kappa shape index (κ1) is 20.8. The number of fused-ring (bicyclic) bond motifs is 3. The van der Waals surface area contributed by atoms with Crippen LogP contribution in [-0.4, -0.2) is 44.8 Å². The van der Waals surface area contributed by atoms with Gasteiger partial charge in [-0.15, -0.1) is 0 Å². The molecule has 0 aromatic heterocycles. The first-order valence-electron chi connectivity index (χ1n) is 10.2. The maximum atomic E-state index is 9.78. The number of hydrogen-bond donors (Lipinski definition) is 1. The lowest BCUT2D eigenvalue weighted by atomic mass is 9.76. The molecule has 0 amide bonds. The lowest BCUT2D eigenvalue weighted by Gasteiger charge is -2.33. The van der Waals surface area contributed by atoms with Crippen LogP contribution in [-0.2, 0) is 11.2 Å². The van der Waals surface area contributed by atoms with Crippen LogP contribution in [0.15, 0.2) is 29.3 Å². The molecule has 3 rings (SSSR count). The fraction of sp³-hybridized carbons (Fsp3) is 0.542. The van der Waals surface area contributed by atoms with Gasteiger partial charge < -0.3 is 14.6 Å². The molecule has 0 spiro atoms. The van der Waals surface area contributed by atoms with E-state index >= 15 is 0 Å². The minimum absolute atomic E-state index is 0.112. The summed E-state index contributed by atoms with van der Waals surface area (Å²) in [4.78, 5) is 4.87. The Kier molecular flexibility index (Phi) is 6.41. The number of benzene rings is 2. The number of ether oxygens (including phenoxy) is 2. The Morgan fingerprint density at radius 3 is 2.39 bits per heavy atom. The summed E-state index contributed by atoms with van der Waals surface area (Å²) in [7, 11) is 3.47. The molecule has 0 saturated carbocycles. The highest BCUT2D eigenvalue weighted by atomic mass is 16.5. The molecule has 2 atom stereocenters. The number of aliphatic imine (C=N–C) groups is 1. The molecular weight excluding hydrogens is 350 g/mol. The highest BCUT2D eigenvalue weighted by molar-refractivity contribution is 6.01. The van der Waals surface area contributed by atoms with E-state index in [4.69, 9.17) is 14.5 Å². The molecule has 0 radical (unpaired) electrons. The van der Waals surface area contributed by atoms with Crippen LogP contribution in [0.2, 0.25) is 0 Å². The van der Waals surface area contributed by atoms with Gasteiger partial charge >= 0.3 is 0 Å². The van der Waals surface area contributed by atoms with Gasteiger partial charge in [-0.2, -0.15) is 0 Å². The predicted octanol–water partition coefficient (Wildman–Crippen LogP) is 4.74. The van der Waals surface area contributed by atoms with Crippen molar-refractivity contribution >= 4 is 17.0 Å². The van der Waals surface area contributed by atoms with Gasteiger partial charge in [-0.1, -0.05) is 45.0 Å². The van der Waals surface area contributed by atoms with Crippen LogP contribution in [0.25, 0.3) is 10.8 Å². The van der Waals surface area contributed by atoms with E-state index in [1.807, 2.05) is 6.21 Å². The Balaban J connectivity index is 2.27. The van der Waals surface area contributed by atoms with Crippen LogP contribution in [0.4, 0.5) is 0 Å². The zero-order valence-corrected chi connectivity index (χ0v) is 17.8. The average molecular weight is 384 g/mol. The van der Waals surface area contributed by atoms with Crippen LogP contribution in [0, 0.1) is 5.41 Å². The molecular formula is C24H33NO3. The Bertz CT molecular complexity index is 851. The number of rotatable bonds is 7. The van der Waals surface area contributed by atoms with Crippen molar-refractivity contribution in [3.05, 3.63) is 41.0 Å². The monoisotopic (exact) mass is 383 g/mol. The third-order valence-electron chi connectivity index (χ3n) is 5.55. The van der Waals surface area contributed by atoms with Gasteiger partial charge in [0.05, 0.1) is 13.2 Å². The van der Waals surface area contributed by atoms with Gasteiger partial charge in [0.25, 0.3) is 0 Å². The van der Waals surface area contributed by atoms with Crippen molar-refractivity contribution in [1.29, 1.82) is 0 Å². The second-order valence-corrected chi connectivity index (χ2v) is 8.87. The lowest BCUT2D eigenvalue weighted by Crippen LogP contribution is -2.26. The summed E-state index contributed by atoms with van der Waals surface area (Å²) in [5.41, 5.74) is 3.72. The predicted molar refractivity (Wildman–Crippen MR) is 116 cm³/mol. The molecule has 4 nitrogen and oxygen atoms in total. The van der Waals surface area contributed by atoms with Crippen molar-refractivity contribution in [3.8, 4) is 5.75 Å². The molecule has 1 aliphatic rings. The van der Waals surface area contributed by atoms with E-state index in [0.717, 1.165) is 24.2 Å². The number of hydrogen-bond acceptors (Lipinski definition) is 4. The first-order valence-corrected chi connectivity index (χ1v) is 10.2. The SMILES string of the molecule is COCCC1N=Cc2c(OC)c(CC(C)(C)C)c3ccccc3c2C1CCO. The third kappa shape index (κ3) is 4.08. The third-order valence-corrected chi connectivity index (χ3v) is 5.55. The maximum Gasteiger partial charge on any atom is 0.131 e. The standard InChI is InChI=1S/C24H33NO3/c1-24(2,3)14-19-16-8-6-7-9-17(16)22-18(10-12-26)21(11-13-27-4)25-15-20(22)23(19)28-5/h6-9,15,18,21,26H,10-14H2,1-5H3. The average Bonchev–Trinajstić information content (AvgIpc) is 2.66. The summed E-state index contributed by atoms with van der Waals surface area (Å²) in [6.07, 6.45) is 4.44. The van der Waals surface area contributed by atoms with E-state index in [1.54, 1.807) is 14.2 Å². The van der Waals surface area contributed by atoms with Crippen LogP contribution < -0.4 is 4.74 Å². The normalized spacial score (nSPS) is 19.1. The molecule has 2 aromatic carbocycles. The summed E-state index contributed by atoms with van der Waals surface area (Å²) in [6.45, 7) is 7.57. The molecule has 4 heteroatoms. The molecule has 0 fully saturated rings. The molecule has 0 bridgehead atoms. The molecule has 1 heterocycles. The van der Waals surface area contributed by atoms with Gasteiger partial charge in [-0.3, -0.25) is 4.99 Å². The van der Waals surface area contributed by atoms with Crippen molar-refractivity contribution in [2.75, 3.05) is 27.4 Å². The molecule has 1 N–H and O–H groups in total. The Morgan fingerprint density at radius 1 is 1.07 bits per heavy atom. The summed E-state index contributed by atoms with van der Waals surface area (Å²) >= 11 is 0. The van der Waals surface area contributed by atoms with Gasteiger partial charge in [0.2, 0.25) is 0 Å². The van der Waals surface area contributed by atoms with Crippen LogP contribution in [0.3, 0.4) is 0 Å². The molecule has 152 valence electrons. The fourth-order valence-corrected chi connectivity index (χ4v) is 4.46. The van der Waals surface area contributed by atoms with Crippen LogP contribution in [0.1, 0.15) is 56.2 Å².